The fourth-order valence-electron chi connectivity index (χ4n) is 3.23. The topological polar surface area (TPSA) is 98.1 Å². The van der Waals surface area contributed by atoms with E-state index in [4.69, 9.17) is 32.4 Å². The fourth-order valence-corrected chi connectivity index (χ4v) is 4.06. The average molecular weight is 580 g/mol. The van der Waals surface area contributed by atoms with Crippen LogP contribution in [0.15, 0.2) is 63.1 Å². The number of carbonyl (C=O) groups is 3. The Bertz CT molecular complexity index is 1350. The van der Waals surface area contributed by atoms with Gasteiger partial charge in [0.05, 0.1) is 28.2 Å². The van der Waals surface area contributed by atoms with E-state index in [9.17, 15) is 14.4 Å². The number of carbonyl (C=O) groups excluding carboxylic acids is 3. The Hall–Kier alpha value is -3.27. The van der Waals surface area contributed by atoms with Crippen molar-refractivity contribution in [2.75, 3.05) is 7.11 Å². The molecule has 1 N–H and O–H groups in total. The molecule has 1 aromatic heterocycles. The number of methoxy groups -OCH3 is 1. The maximum absolute atomic E-state index is 12.8. The van der Waals surface area contributed by atoms with Gasteiger partial charge < -0.3 is 19.2 Å². The van der Waals surface area contributed by atoms with E-state index in [1.54, 1.807) is 36.4 Å². The number of nitrogens with zero attached hydrogens (tertiary/aromatic N) is 1. The molecule has 3 amide bonds. The number of hydrogen-bond donors (Lipinski definition) is 1. The van der Waals surface area contributed by atoms with Gasteiger partial charge in [-0.05, 0) is 69.5 Å². The highest BCUT2D eigenvalue weighted by atomic mass is 79.9. The number of esters is 1. The summed E-state index contributed by atoms with van der Waals surface area (Å²) in [4.78, 5) is 37.6. The van der Waals surface area contributed by atoms with Crippen LogP contribution in [0.1, 0.15) is 27.4 Å². The van der Waals surface area contributed by atoms with E-state index in [-0.39, 0.29) is 30.4 Å². The van der Waals surface area contributed by atoms with Crippen molar-refractivity contribution in [2.45, 2.75) is 13.2 Å². The van der Waals surface area contributed by atoms with E-state index in [0.717, 1.165) is 10.5 Å². The Balaban J connectivity index is 1.43. The minimum Gasteiger partial charge on any atom is -0.488 e. The van der Waals surface area contributed by atoms with Crippen LogP contribution >= 0.6 is 39.1 Å². The first kappa shape index (κ1) is 24.8. The third-order valence-corrected chi connectivity index (χ3v) is 6.33. The standard InChI is InChI=1S/C24H17BrCl2N2O6/c1-33-23(31)21-7-4-15(35-21)11-29-22(30)19(28-24(29)32)10-13-3-6-20(16(25)8-13)34-12-14-2-5-17(26)18(27)9-14/h2-10H,11-12H2,1H3,(H,28,32)/b19-10-. The van der Waals surface area contributed by atoms with Crippen molar-refractivity contribution in [1.82, 2.24) is 10.2 Å². The fraction of sp³-hybridized carbons (Fsp3) is 0.125. The van der Waals surface area contributed by atoms with E-state index >= 15 is 0 Å². The van der Waals surface area contributed by atoms with Gasteiger partial charge in [-0.3, -0.25) is 9.69 Å². The molecule has 35 heavy (non-hydrogen) atoms. The second-order valence-electron chi connectivity index (χ2n) is 7.36. The van der Waals surface area contributed by atoms with E-state index in [1.165, 1.54) is 19.2 Å². The number of hydrogen-bond acceptors (Lipinski definition) is 6. The van der Waals surface area contributed by atoms with E-state index in [1.807, 2.05) is 6.07 Å². The predicted octanol–water partition coefficient (Wildman–Crippen LogP) is 5.81. The van der Waals surface area contributed by atoms with Crippen LogP contribution < -0.4 is 10.1 Å². The van der Waals surface area contributed by atoms with Crippen LogP contribution in [0, 0.1) is 0 Å². The number of ether oxygens (including phenoxy) is 2. The van der Waals surface area contributed by atoms with Crippen molar-refractivity contribution >= 4 is 63.1 Å². The highest BCUT2D eigenvalue weighted by Gasteiger charge is 2.34. The molecule has 0 aliphatic carbocycles. The molecule has 11 heteroatoms. The molecule has 0 atom stereocenters. The van der Waals surface area contributed by atoms with Crippen LogP contribution in [0.4, 0.5) is 4.79 Å². The molecule has 0 radical (unpaired) electrons. The lowest BCUT2D eigenvalue weighted by Gasteiger charge is -2.10. The quantitative estimate of drug-likeness (QED) is 0.215. The largest absolute Gasteiger partial charge is 0.488 e. The first-order valence-electron chi connectivity index (χ1n) is 10.1. The van der Waals surface area contributed by atoms with Gasteiger partial charge >= 0.3 is 12.0 Å². The molecule has 4 rings (SSSR count). The molecule has 2 heterocycles. The summed E-state index contributed by atoms with van der Waals surface area (Å²) in [6.45, 7) is 0.147. The van der Waals surface area contributed by atoms with Crippen molar-refractivity contribution in [1.29, 1.82) is 0 Å². The number of benzene rings is 2. The highest BCUT2D eigenvalue weighted by Crippen LogP contribution is 2.29. The first-order valence-corrected chi connectivity index (χ1v) is 11.7. The average Bonchev–Trinajstić information content (AvgIpc) is 3.40. The minimum atomic E-state index is -0.649. The third kappa shape index (κ3) is 5.70. The van der Waals surface area contributed by atoms with Gasteiger partial charge in [-0.25, -0.2) is 9.59 Å². The molecule has 1 aliphatic rings. The van der Waals surface area contributed by atoms with Gasteiger partial charge in [0.15, 0.2) is 0 Å². The number of furan rings is 1. The predicted molar refractivity (Wildman–Crippen MR) is 132 cm³/mol. The van der Waals surface area contributed by atoms with Gasteiger partial charge in [0.25, 0.3) is 5.91 Å². The lowest BCUT2D eigenvalue weighted by atomic mass is 10.2. The molecule has 1 aliphatic heterocycles. The monoisotopic (exact) mass is 578 g/mol. The number of imide groups is 1. The summed E-state index contributed by atoms with van der Waals surface area (Å²) in [5, 5.41) is 3.46. The van der Waals surface area contributed by atoms with Crippen molar-refractivity contribution in [2.24, 2.45) is 0 Å². The lowest BCUT2D eigenvalue weighted by molar-refractivity contribution is -0.123. The van der Waals surface area contributed by atoms with Gasteiger partial charge in [0.1, 0.15) is 23.8 Å². The zero-order chi connectivity index (χ0) is 25.1. The highest BCUT2D eigenvalue weighted by molar-refractivity contribution is 9.10. The van der Waals surface area contributed by atoms with Gasteiger partial charge in [-0.1, -0.05) is 35.3 Å². The van der Waals surface area contributed by atoms with Gasteiger partial charge in [-0.15, -0.1) is 0 Å². The minimum absolute atomic E-state index is 0.0170. The van der Waals surface area contributed by atoms with Crippen molar-refractivity contribution in [3.8, 4) is 5.75 Å². The van der Waals surface area contributed by atoms with Crippen LogP contribution in [0.25, 0.3) is 6.08 Å². The molecular formula is C24H17BrCl2N2O6. The van der Waals surface area contributed by atoms with E-state index in [0.29, 0.717) is 25.8 Å². The summed E-state index contributed by atoms with van der Waals surface area (Å²) in [5.41, 5.74) is 1.62. The molecule has 1 saturated heterocycles. The van der Waals surface area contributed by atoms with Crippen LogP contribution in [0.2, 0.25) is 10.0 Å². The first-order chi connectivity index (χ1) is 16.7. The Morgan fingerprint density at radius 3 is 2.63 bits per heavy atom. The van der Waals surface area contributed by atoms with E-state index < -0.39 is 17.9 Å². The Morgan fingerprint density at radius 1 is 1.11 bits per heavy atom. The summed E-state index contributed by atoms with van der Waals surface area (Å²) < 4.78 is 16.4. The zero-order valence-electron chi connectivity index (χ0n) is 18.1. The SMILES string of the molecule is COC(=O)c1ccc(CN2C(=O)N/C(=C\c3ccc(OCc4ccc(Cl)c(Cl)c4)c(Br)c3)C2=O)o1. The van der Waals surface area contributed by atoms with Crippen LogP contribution in [-0.4, -0.2) is 29.9 Å². The van der Waals surface area contributed by atoms with Crippen LogP contribution in [-0.2, 0) is 22.7 Å². The lowest BCUT2D eigenvalue weighted by Crippen LogP contribution is -2.30. The second kappa shape index (κ2) is 10.6. The number of rotatable bonds is 7. The smallest absolute Gasteiger partial charge is 0.373 e. The van der Waals surface area contributed by atoms with Gasteiger partial charge in [0, 0.05) is 0 Å². The maximum Gasteiger partial charge on any atom is 0.373 e. The van der Waals surface area contributed by atoms with Crippen molar-refractivity contribution < 1.29 is 28.3 Å². The summed E-state index contributed by atoms with van der Waals surface area (Å²) in [5.74, 6) is -0.343. The molecule has 180 valence electrons. The normalized spacial score (nSPS) is 14.4. The van der Waals surface area contributed by atoms with Crippen molar-refractivity contribution in [3.05, 3.63) is 91.4 Å². The maximum atomic E-state index is 12.8. The van der Waals surface area contributed by atoms with E-state index in [2.05, 4.69) is 26.0 Å². The number of urea groups is 1. The molecule has 0 unspecified atom stereocenters. The molecule has 0 saturated carbocycles. The number of nitrogens with one attached hydrogen (secondary N) is 1. The molecule has 2 aromatic carbocycles. The summed E-state index contributed by atoms with van der Waals surface area (Å²) in [6.07, 6.45) is 1.55. The Labute approximate surface area is 218 Å². The molecule has 3 aromatic rings. The number of amides is 3. The second-order valence-corrected chi connectivity index (χ2v) is 9.03. The van der Waals surface area contributed by atoms with Crippen LogP contribution in [0.3, 0.4) is 0 Å². The Kier molecular flexibility index (Phi) is 7.49. The molecular weight excluding hydrogens is 563 g/mol. The van der Waals surface area contributed by atoms with Crippen molar-refractivity contribution in [3.63, 3.8) is 0 Å². The van der Waals surface area contributed by atoms with Crippen LogP contribution in [0.5, 0.6) is 5.75 Å². The van der Waals surface area contributed by atoms with Gasteiger partial charge in [0.2, 0.25) is 5.76 Å². The number of halogens is 3. The summed E-state index contributed by atoms with van der Waals surface area (Å²) in [6, 6.07) is 12.8. The zero-order valence-corrected chi connectivity index (χ0v) is 21.2. The summed E-state index contributed by atoms with van der Waals surface area (Å²) >= 11 is 15.4. The Morgan fingerprint density at radius 2 is 1.91 bits per heavy atom. The molecule has 1 fully saturated rings. The third-order valence-electron chi connectivity index (χ3n) is 4.97. The molecule has 8 nitrogen and oxygen atoms in total. The molecule has 0 spiro atoms. The van der Waals surface area contributed by atoms with Gasteiger partial charge in [-0.2, -0.15) is 0 Å². The molecule has 0 bridgehead atoms. The summed E-state index contributed by atoms with van der Waals surface area (Å²) in [7, 11) is 1.23.